The van der Waals surface area contributed by atoms with Gasteiger partial charge in [0.15, 0.2) is 0 Å². The number of thiophene rings is 1. The Balaban J connectivity index is 1.31. The van der Waals surface area contributed by atoms with Crippen molar-refractivity contribution < 1.29 is 14.4 Å². The number of piperidine rings is 1. The number of likely N-dealkylation sites (tertiary alicyclic amines) is 1. The molecule has 3 heterocycles. The molecule has 7 nitrogen and oxygen atoms in total. The van der Waals surface area contributed by atoms with Gasteiger partial charge in [0.2, 0.25) is 5.91 Å². The van der Waals surface area contributed by atoms with Crippen molar-refractivity contribution >= 4 is 34.7 Å². The van der Waals surface area contributed by atoms with E-state index in [0.717, 1.165) is 36.2 Å². The van der Waals surface area contributed by atoms with Crippen molar-refractivity contribution in [2.45, 2.75) is 56.5 Å². The Kier molecular flexibility index (Phi) is 6.59. The van der Waals surface area contributed by atoms with Crippen molar-refractivity contribution in [1.29, 1.82) is 0 Å². The summed E-state index contributed by atoms with van der Waals surface area (Å²) in [5.74, 6) is -0.0423. The molecule has 5 rings (SSSR count). The van der Waals surface area contributed by atoms with Crippen LogP contribution in [-0.4, -0.2) is 65.4 Å². The molecule has 1 aliphatic carbocycles. The molecular weight excluding hydrogens is 448 g/mol. The molecule has 2 saturated heterocycles. The van der Waals surface area contributed by atoms with Gasteiger partial charge in [-0.25, -0.2) is 0 Å². The zero-order valence-electron chi connectivity index (χ0n) is 19.4. The topological polar surface area (TPSA) is 73.0 Å². The number of carbonyl (C=O) groups excluding carboxylic acids is 3. The molecule has 1 aromatic carbocycles. The molecule has 0 radical (unpaired) electrons. The normalized spacial score (nSPS) is 20.7. The monoisotopic (exact) mass is 480 g/mol. The molecule has 8 heteroatoms. The summed E-state index contributed by atoms with van der Waals surface area (Å²) >= 11 is 1.45. The van der Waals surface area contributed by atoms with Crippen LogP contribution in [0.15, 0.2) is 47.8 Å². The van der Waals surface area contributed by atoms with E-state index >= 15 is 0 Å². The highest BCUT2D eigenvalue weighted by molar-refractivity contribution is 7.12. The van der Waals surface area contributed by atoms with Crippen LogP contribution in [0.1, 0.15) is 54.6 Å². The van der Waals surface area contributed by atoms with E-state index in [1.165, 1.54) is 17.8 Å². The number of benzene rings is 1. The Morgan fingerprint density at radius 1 is 1.00 bits per heavy atom. The Hall–Kier alpha value is -2.87. The third kappa shape index (κ3) is 4.43. The molecule has 1 spiro atoms. The van der Waals surface area contributed by atoms with Gasteiger partial charge in [0.25, 0.3) is 11.8 Å². The molecule has 0 unspecified atom stereocenters. The Morgan fingerprint density at radius 2 is 1.74 bits per heavy atom. The summed E-state index contributed by atoms with van der Waals surface area (Å²) in [5, 5.41) is 5.06. The van der Waals surface area contributed by atoms with Gasteiger partial charge < -0.3 is 20.0 Å². The number of rotatable bonds is 5. The number of amides is 3. The lowest BCUT2D eigenvalue weighted by atomic mass is 9.85. The number of nitrogens with zero attached hydrogens (tertiary/aromatic N) is 3. The van der Waals surface area contributed by atoms with Gasteiger partial charge in [-0.1, -0.05) is 43.5 Å². The number of hydrogen-bond donors (Lipinski definition) is 1. The van der Waals surface area contributed by atoms with Gasteiger partial charge >= 0.3 is 0 Å². The first-order chi connectivity index (χ1) is 16.6. The third-order valence-electron chi connectivity index (χ3n) is 7.50. The smallest absolute Gasteiger partial charge is 0.263 e. The molecule has 34 heavy (non-hydrogen) atoms. The van der Waals surface area contributed by atoms with Crippen molar-refractivity contribution in [1.82, 2.24) is 15.1 Å². The van der Waals surface area contributed by atoms with Crippen LogP contribution in [0.4, 0.5) is 5.69 Å². The Labute approximate surface area is 204 Å². The molecule has 3 aliphatic rings. The first-order valence-corrected chi connectivity index (χ1v) is 13.2. The van der Waals surface area contributed by atoms with E-state index in [4.69, 9.17) is 0 Å². The van der Waals surface area contributed by atoms with Crippen molar-refractivity contribution in [2.24, 2.45) is 0 Å². The van der Waals surface area contributed by atoms with Crippen molar-refractivity contribution in [3.63, 3.8) is 0 Å². The highest BCUT2D eigenvalue weighted by Crippen LogP contribution is 2.39. The number of hydrogen-bond acceptors (Lipinski definition) is 5. The molecular formula is C26H32N4O3S. The van der Waals surface area contributed by atoms with E-state index in [1.54, 1.807) is 4.90 Å². The van der Waals surface area contributed by atoms with E-state index in [1.807, 2.05) is 52.7 Å². The van der Waals surface area contributed by atoms with Crippen LogP contribution in [0.3, 0.4) is 0 Å². The minimum absolute atomic E-state index is 0.00151. The highest BCUT2D eigenvalue weighted by atomic mass is 32.1. The Bertz CT molecular complexity index is 1010. The number of anilines is 1. The van der Waals surface area contributed by atoms with Crippen LogP contribution in [0.5, 0.6) is 0 Å². The zero-order chi connectivity index (χ0) is 23.5. The summed E-state index contributed by atoms with van der Waals surface area (Å²) < 4.78 is 0. The fourth-order valence-electron chi connectivity index (χ4n) is 5.65. The summed E-state index contributed by atoms with van der Waals surface area (Å²) in [4.78, 5) is 45.9. The van der Waals surface area contributed by atoms with Gasteiger partial charge in [-0.05, 0) is 49.3 Å². The summed E-state index contributed by atoms with van der Waals surface area (Å²) in [6.07, 6.45) is 6.69. The number of para-hydroxylation sites is 1. The van der Waals surface area contributed by atoms with Crippen LogP contribution in [-0.2, 0) is 9.59 Å². The molecule has 0 bridgehead atoms. The molecule has 3 fully saturated rings. The van der Waals surface area contributed by atoms with Gasteiger partial charge in [0.05, 0.1) is 11.5 Å². The number of carbonyl (C=O) groups is 3. The first-order valence-electron chi connectivity index (χ1n) is 12.3. The predicted octanol–water partition coefficient (Wildman–Crippen LogP) is 3.48. The lowest BCUT2D eigenvalue weighted by molar-refractivity contribution is -0.137. The minimum Gasteiger partial charge on any atom is -0.352 e. The van der Waals surface area contributed by atoms with Crippen LogP contribution >= 0.6 is 11.3 Å². The quantitative estimate of drug-likeness (QED) is 0.711. The summed E-state index contributed by atoms with van der Waals surface area (Å²) in [7, 11) is 0. The largest absolute Gasteiger partial charge is 0.352 e. The van der Waals surface area contributed by atoms with Gasteiger partial charge in [-0.15, -0.1) is 11.3 Å². The Morgan fingerprint density at radius 3 is 2.41 bits per heavy atom. The van der Waals surface area contributed by atoms with Crippen LogP contribution in [0.2, 0.25) is 0 Å². The molecule has 2 aromatic rings. The summed E-state index contributed by atoms with van der Waals surface area (Å²) in [6, 6.07) is 13.9. The van der Waals surface area contributed by atoms with E-state index in [9.17, 15) is 14.4 Å². The number of nitrogens with one attached hydrogen (secondary N) is 1. The second-order valence-electron chi connectivity index (χ2n) is 9.61. The molecule has 2 aliphatic heterocycles. The average Bonchev–Trinajstić information content (AvgIpc) is 3.49. The molecule has 1 N–H and O–H groups in total. The van der Waals surface area contributed by atoms with E-state index < -0.39 is 5.54 Å². The predicted molar refractivity (Wildman–Crippen MR) is 133 cm³/mol. The SMILES string of the molecule is O=C(CN1CN(c2ccccc2)C2(CCN(C(=O)c3cccs3)CC2)C1=O)NC1CCCCC1. The van der Waals surface area contributed by atoms with E-state index in [-0.39, 0.29) is 30.3 Å². The van der Waals surface area contributed by atoms with Crippen molar-refractivity contribution in [3.05, 3.63) is 52.7 Å². The lowest BCUT2D eigenvalue weighted by Gasteiger charge is -2.43. The zero-order valence-corrected chi connectivity index (χ0v) is 20.3. The maximum Gasteiger partial charge on any atom is 0.263 e. The maximum absolute atomic E-state index is 13.8. The molecule has 0 atom stereocenters. The highest BCUT2D eigenvalue weighted by Gasteiger charge is 2.54. The fourth-order valence-corrected chi connectivity index (χ4v) is 6.34. The average molecular weight is 481 g/mol. The molecule has 180 valence electrons. The van der Waals surface area contributed by atoms with Gasteiger partial charge in [-0.3, -0.25) is 14.4 Å². The maximum atomic E-state index is 13.8. The minimum atomic E-state index is -0.724. The second-order valence-corrected chi connectivity index (χ2v) is 10.6. The van der Waals surface area contributed by atoms with Gasteiger partial charge in [0.1, 0.15) is 12.1 Å². The first kappa shape index (κ1) is 22.9. The van der Waals surface area contributed by atoms with Gasteiger partial charge in [0, 0.05) is 24.8 Å². The van der Waals surface area contributed by atoms with Gasteiger partial charge in [-0.2, -0.15) is 0 Å². The second kappa shape index (κ2) is 9.78. The van der Waals surface area contributed by atoms with Crippen LogP contribution < -0.4 is 10.2 Å². The molecule has 3 amide bonds. The van der Waals surface area contributed by atoms with Crippen LogP contribution in [0.25, 0.3) is 0 Å². The third-order valence-corrected chi connectivity index (χ3v) is 8.35. The molecule has 1 saturated carbocycles. The fraction of sp³-hybridized carbons (Fsp3) is 0.500. The van der Waals surface area contributed by atoms with E-state index in [0.29, 0.717) is 32.6 Å². The lowest BCUT2D eigenvalue weighted by Crippen LogP contribution is -2.57. The summed E-state index contributed by atoms with van der Waals surface area (Å²) in [6.45, 7) is 1.51. The van der Waals surface area contributed by atoms with Crippen molar-refractivity contribution in [3.8, 4) is 0 Å². The van der Waals surface area contributed by atoms with Crippen LogP contribution in [0, 0.1) is 0 Å². The molecule has 1 aromatic heterocycles. The van der Waals surface area contributed by atoms with Crippen molar-refractivity contribution in [2.75, 3.05) is 31.2 Å². The van der Waals surface area contributed by atoms with E-state index in [2.05, 4.69) is 10.2 Å². The standard InChI is InChI=1S/C26H32N4O3S/c31-23(27-20-8-3-1-4-9-20)18-29-19-30(21-10-5-2-6-11-21)26(25(29)33)13-15-28(16-14-26)24(32)22-12-7-17-34-22/h2,5-7,10-12,17,20H,1,3-4,8-9,13-16,18-19H2,(H,27,31). The summed E-state index contributed by atoms with van der Waals surface area (Å²) in [5.41, 5.74) is 0.252.